The van der Waals surface area contributed by atoms with Gasteiger partial charge in [-0.1, -0.05) is 22.9 Å². The Morgan fingerprint density at radius 3 is 2.90 bits per heavy atom. The summed E-state index contributed by atoms with van der Waals surface area (Å²) in [4.78, 5) is 29.4. The summed E-state index contributed by atoms with van der Waals surface area (Å²) in [5.41, 5.74) is 1.94. The van der Waals surface area contributed by atoms with Crippen molar-refractivity contribution in [1.82, 2.24) is 20.1 Å². The van der Waals surface area contributed by atoms with Crippen molar-refractivity contribution in [1.29, 1.82) is 0 Å². The summed E-state index contributed by atoms with van der Waals surface area (Å²) >= 11 is 6.30. The summed E-state index contributed by atoms with van der Waals surface area (Å²) < 4.78 is 37.8. The molecule has 4 rings (SSSR count). The number of nitrogens with one attached hydrogen (secondary N) is 2. The van der Waals surface area contributed by atoms with E-state index in [1.54, 1.807) is 11.0 Å². The molecule has 0 unspecified atom stereocenters. The number of hydrogen-bond donors (Lipinski definition) is 2. The molecule has 3 aromatic rings. The van der Waals surface area contributed by atoms with Gasteiger partial charge in [-0.2, -0.15) is 13.2 Å². The van der Waals surface area contributed by atoms with E-state index in [9.17, 15) is 22.8 Å². The molecule has 0 aliphatic carbocycles. The van der Waals surface area contributed by atoms with Crippen LogP contribution in [0.3, 0.4) is 0 Å². The van der Waals surface area contributed by atoms with E-state index in [0.717, 1.165) is 16.5 Å². The maximum absolute atomic E-state index is 12.6. The average molecular weight is 458 g/mol. The number of fused-ring (bicyclic) bond motifs is 1. The van der Waals surface area contributed by atoms with Gasteiger partial charge in [0.05, 0.1) is 5.92 Å². The van der Waals surface area contributed by atoms with Crippen LogP contribution in [0.25, 0.3) is 10.9 Å². The first-order valence-electron chi connectivity index (χ1n) is 8.95. The van der Waals surface area contributed by atoms with Crippen molar-refractivity contribution >= 4 is 50.8 Å². The third-order valence-corrected chi connectivity index (χ3v) is 5.98. The van der Waals surface area contributed by atoms with E-state index < -0.39 is 23.0 Å². The molecule has 0 radical (unpaired) electrons. The number of H-pyrrole nitrogens is 1. The Balaban J connectivity index is 1.36. The number of nitrogens with zero attached hydrogens (tertiary/aromatic N) is 3. The summed E-state index contributed by atoms with van der Waals surface area (Å²) in [7, 11) is 0. The lowest BCUT2D eigenvalue weighted by Crippen LogP contribution is -2.30. The molecule has 0 spiro atoms. The zero-order valence-corrected chi connectivity index (χ0v) is 16.9. The highest BCUT2D eigenvalue weighted by Crippen LogP contribution is 2.33. The molecule has 30 heavy (non-hydrogen) atoms. The van der Waals surface area contributed by atoms with Crippen LogP contribution in [0.2, 0.25) is 5.02 Å². The Morgan fingerprint density at radius 2 is 2.17 bits per heavy atom. The Morgan fingerprint density at radius 1 is 1.37 bits per heavy atom. The lowest BCUT2D eigenvalue weighted by Gasteiger charge is -2.16. The number of rotatable bonds is 5. The zero-order chi connectivity index (χ0) is 21.5. The fraction of sp³-hybridized carbons (Fsp3) is 0.333. The van der Waals surface area contributed by atoms with Crippen LogP contribution in [0, 0.1) is 5.92 Å². The summed E-state index contributed by atoms with van der Waals surface area (Å²) in [5, 5.41) is 8.90. The van der Waals surface area contributed by atoms with Crippen LogP contribution in [-0.4, -0.2) is 45.0 Å². The average Bonchev–Trinajstić information content (AvgIpc) is 3.38. The maximum Gasteiger partial charge on any atom is 0.445 e. The van der Waals surface area contributed by atoms with Crippen LogP contribution < -0.4 is 5.32 Å². The van der Waals surface area contributed by atoms with E-state index in [0.29, 0.717) is 18.0 Å². The first-order chi connectivity index (χ1) is 14.2. The van der Waals surface area contributed by atoms with Gasteiger partial charge in [0.1, 0.15) is 0 Å². The van der Waals surface area contributed by atoms with Gasteiger partial charge < -0.3 is 15.2 Å². The lowest BCUT2D eigenvalue weighted by atomic mass is 10.1. The van der Waals surface area contributed by atoms with Crippen LogP contribution >= 0.6 is 22.9 Å². The largest absolute Gasteiger partial charge is 0.445 e. The highest BCUT2D eigenvalue weighted by molar-refractivity contribution is 7.15. The minimum Gasteiger partial charge on any atom is -0.361 e. The third-order valence-electron chi connectivity index (χ3n) is 4.86. The molecule has 12 heteroatoms. The SMILES string of the molecule is O=C(Nc1nnc(C(F)(F)F)s1)[C@H]1CC(=O)N(CCc2c[nH]c3ccc(Cl)cc23)C1. The van der Waals surface area contributed by atoms with Crippen molar-refractivity contribution in [2.24, 2.45) is 5.92 Å². The molecule has 3 heterocycles. The molecule has 1 aliphatic heterocycles. The molecule has 1 atom stereocenters. The fourth-order valence-electron chi connectivity index (χ4n) is 3.37. The predicted octanol–water partition coefficient (Wildman–Crippen LogP) is 3.72. The predicted molar refractivity (Wildman–Crippen MR) is 105 cm³/mol. The number of benzene rings is 1. The molecule has 1 fully saturated rings. The van der Waals surface area contributed by atoms with E-state index in [1.165, 1.54) is 0 Å². The van der Waals surface area contributed by atoms with Gasteiger partial charge in [-0.15, -0.1) is 10.2 Å². The second-order valence-electron chi connectivity index (χ2n) is 6.89. The van der Waals surface area contributed by atoms with Crippen molar-refractivity contribution in [3.8, 4) is 0 Å². The van der Waals surface area contributed by atoms with Gasteiger partial charge in [0.2, 0.25) is 22.0 Å². The van der Waals surface area contributed by atoms with E-state index in [1.807, 2.05) is 18.3 Å². The van der Waals surface area contributed by atoms with Crippen LogP contribution in [-0.2, 0) is 22.2 Å². The number of alkyl halides is 3. The minimum atomic E-state index is -4.62. The number of hydrogen-bond acceptors (Lipinski definition) is 5. The maximum atomic E-state index is 12.6. The molecule has 158 valence electrons. The minimum absolute atomic E-state index is 0.00349. The van der Waals surface area contributed by atoms with Crippen molar-refractivity contribution in [3.05, 3.63) is 40.0 Å². The van der Waals surface area contributed by atoms with Crippen molar-refractivity contribution < 1.29 is 22.8 Å². The molecular weight excluding hydrogens is 443 g/mol. The number of anilines is 1. The van der Waals surface area contributed by atoms with E-state index >= 15 is 0 Å². The van der Waals surface area contributed by atoms with Gasteiger partial charge in [-0.05, 0) is 30.2 Å². The van der Waals surface area contributed by atoms with Crippen molar-refractivity contribution in [2.45, 2.75) is 19.0 Å². The summed E-state index contributed by atoms with van der Waals surface area (Å²) in [6, 6.07) is 5.51. The zero-order valence-electron chi connectivity index (χ0n) is 15.3. The van der Waals surface area contributed by atoms with Crippen molar-refractivity contribution in [3.63, 3.8) is 0 Å². The second kappa shape index (κ2) is 7.88. The quantitative estimate of drug-likeness (QED) is 0.611. The van der Waals surface area contributed by atoms with Crippen LogP contribution in [0.4, 0.5) is 18.3 Å². The van der Waals surface area contributed by atoms with Gasteiger partial charge in [-0.25, -0.2) is 0 Å². The third kappa shape index (κ3) is 4.26. The first-order valence-corrected chi connectivity index (χ1v) is 10.1. The number of carbonyl (C=O) groups excluding carboxylic acids is 2. The van der Waals surface area contributed by atoms with Crippen LogP contribution in [0.5, 0.6) is 0 Å². The van der Waals surface area contributed by atoms with Crippen LogP contribution in [0.1, 0.15) is 17.0 Å². The number of amides is 2. The lowest BCUT2D eigenvalue weighted by molar-refractivity contribution is -0.138. The Bertz CT molecular complexity index is 1110. The molecule has 2 amide bonds. The Hall–Kier alpha value is -2.66. The molecule has 1 aromatic carbocycles. The highest BCUT2D eigenvalue weighted by Gasteiger charge is 2.37. The van der Waals surface area contributed by atoms with E-state index in [2.05, 4.69) is 20.5 Å². The molecule has 2 N–H and O–H groups in total. The Labute approximate surface area is 177 Å². The molecule has 0 saturated carbocycles. The molecule has 7 nitrogen and oxygen atoms in total. The molecule has 1 saturated heterocycles. The van der Waals surface area contributed by atoms with Crippen LogP contribution in [0.15, 0.2) is 24.4 Å². The molecule has 2 aromatic heterocycles. The topological polar surface area (TPSA) is 91.0 Å². The number of aromatic amines is 1. The number of carbonyl (C=O) groups is 2. The summed E-state index contributed by atoms with van der Waals surface area (Å²) in [6.07, 6.45) is -2.19. The van der Waals surface area contributed by atoms with Gasteiger partial charge in [0.25, 0.3) is 0 Å². The smallest absolute Gasteiger partial charge is 0.361 e. The first kappa shape index (κ1) is 20.6. The molecular formula is C18H15ClF3N5O2S. The normalized spacial score (nSPS) is 17.1. The Kier molecular flexibility index (Phi) is 5.41. The monoisotopic (exact) mass is 457 g/mol. The second-order valence-corrected chi connectivity index (χ2v) is 8.31. The van der Waals surface area contributed by atoms with Gasteiger partial charge in [0, 0.05) is 41.6 Å². The highest BCUT2D eigenvalue weighted by atomic mass is 35.5. The summed E-state index contributed by atoms with van der Waals surface area (Å²) in [6.45, 7) is 0.609. The van der Waals surface area contributed by atoms with Gasteiger partial charge in [-0.3, -0.25) is 9.59 Å². The van der Waals surface area contributed by atoms with E-state index in [-0.39, 0.29) is 35.3 Å². The van der Waals surface area contributed by atoms with Crippen molar-refractivity contribution in [2.75, 3.05) is 18.4 Å². The summed E-state index contributed by atoms with van der Waals surface area (Å²) in [5.74, 6) is -1.39. The van der Waals surface area contributed by atoms with Gasteiger partial charge >= 0.3 is 6.18 Å². The molecule has 0 bridgehead atoms. The molecule has 1 aliphatic rings. The number of halogens is 4. The standard InChI is InChI=1S/C18H15ClF3N5O2S/c19-11-1-2-13-12(6-11)9(7-23-13)3-4-27-8-10(5-14(27)28)15(29)24-17-26-25-16(30-17)18(20,21)22/h1-2,6-7,10,23H,3-5,8H2,(H,24,26,29)/t10-/m0/s1. The number of likely N-dealkylation sites (tertiary alicyclic amines) is 1. The number of aromatic nitrogens is 3. The van der Waals surface area contributed by atoms with E-state index in [4.69, 9.17) is 11.6 Å². The fourth-order valence-corrected chi connectivity index (χ4v) is 4.16. The van der Waals surface area contributed by atoms with Gasteiger partial charge in [0.15, 0.2) is 0 Å².